The number of aromatic nitrogens is 2. The Kier molecular flexibility index (Phi) is 5.21. The molecule has 1 rings (SSSR count). The van der Waals surface area contributed by atoms with E-state index in [2.05, 4.69) is 15.3 Å². The van der Waals surface area contributed by atoms with Crippen LogP contribution in [0.25, 0.3) is 0 Å². The summed E-state index contributed by atoms with van der Waals surface area (Å²) >= 11 is 0. The van der Waals surface area contributed by atoms with E-state index < -0.39 is 6.43 Å². The first-order chi connectivity index (χ1) is 8.06. The van der Waals surface area contributed by atoms with E-state index in [1.165, 1.54) is 6.20 Å². The Morgan fingerprint density at radius 2 is 2.12 bits per heavy atom. The normalized spacial score (nSPS) is 10.9. The molecule has 4 nitrogen and oxygen atoms in total. The van der Waals surface area contributed by atoms with Gasteiger partial charge < -0.3 is 10.2 Å². The molecule has 0 saturated heterocycles. The molecular formula is C11H18F2N4. The number of rotatable bonds is 6. The van der Waals surface area contributed by atoms with Gasteiger partial charge in [0.2, 0.25) is 5.95 Å². The lowest BCUT2D eigenvalue weighted by Crippen LogP contribution is -2.19. The highest BCUT2D eigenvalue weighted by Gasteiger charge is 2.16. The fraction of sp³-hybridized carbons (Fsp3) is 0.636. The number of nitrogens with one attached hydrogen (secondary N) is 1. The Labute approximate surface area is 100 Å². The van der Waals surface area contributed by atoms with Crippen LogP contribution in [0, 0.1) is 0 Å². The van der Waals surface area contributed by atoms with Crippen molar-refractivity contribution in [2.75, 3.05) is 25.5 Å². The highest BCUT2D eigenvalue weighted by atomic mass is 19.3. The van der Waals surface area contributed by atoms with Crippen molar-refractivity contribution in [2.24, 2.45) is 0 Å². The van der Waals surface area contributed by atoms with Crippen molar-refractivity contribution in [3.63, 3.8) is 0 Å². The van der Waals surface area contributed by atoms with Crippen molar-refractivity contribution in [2.45, 2.75) is 26.3 Å². The Balaban J connectivity index is 2.88. The number of anilines is 1. The summed E-state index contributed by atoms with van der Waals surface area (Å²) in [4.78, 5) is 9.52. The average molecular weight is 244 g/mol. The minimum atomic E-state index is -2.57. The molecule has 0 aliphatic carbocycles. The topological polar surface area (TPSA) is 41.1 Å². The molecule has 1 N–H and O–H groups in total. The van der Waals surface area contributed by atoms with Crippen molar-refractivity contribution in [1.82, 2.24) is 15.3 Å². The third kappa shape index (κ3) is 3.89. The second-order valence-electron chi connectivity index (χ2n) is 3.95. The van der Waals surface area contributed by atoms with Gasteiger partial charge >= 0.3 is 0 Å². The molecule has 0 amide bonds. The van der Waals surface area contributed by atoms with E-state index in [9.17, 15) is 8.78 Å². The molecule has 0 spiro atoms. The average Bonchev–Trinajstić information content (AvgIpc) is 2.29. The molecule has 1 aromatic heterocycles. The molecule has 1 aromatic rings. The van der Waals surface area contributed by atoms with Crippen LogP contribution < -0.4 is 10.2 Å². The van der Waals surface area contributed by atoms with Gasteiger partial charge in [-0.3, -0.25) is 0 Å². The first-order valence-corrected chi connectivity index (χ1v) is 5.58. The summed E-state index contributed by atoms with van der Waals surface area (Å²) in [7, 11) is 3.44. The number of alkyl halides is 2. The lowest BCUT2D eigenvalue weighted by atomic mass is 10.2. The van der Waals surface area contributed by atoms with Gasteiger partial charge in [0.1, 0.15) is 5.69 Å². The number of hydrogen-bond acceptors (Lipinski definition) is 4. The summed E-state index contributed by atoms with van der Waals surface area (Å²) < 4.78 is 25.7. The highest BCUT2D eigenvalue weighted by Crippen LogP contribution is 2.22. The third-order valence-corrected chi connectivity index (χ3v) is 2.23. The van der Waals surface area contributed by atoms with Gasteiger partial charge in [-0.15, -0.1) is 0 Å². The second kappa shape index (κ2) is 6.44. The Hall–Kier alpha value is -1.30. The first kappa shape index (κ1) is 13.8. The van der Waals surface area contributed by atoms with Gasteiger partial charge in [-0.25, -0.2) is 18.7 Å². The maximum absolute atomic E-state index is 12.8. The molecule has 0 bridgehead atoms. The van der Waals surface area contributed by atoms with Gasteiger partial charge in [0, 0.05) is 32.4 Å². The first-order valence-electron chi connectivity index (χ1n) is 5.58. The van der Waals surface area contributed by atoms with Crippen LogP contribution in [0.1, 0.15) is 31.0 Å². The smallest absolute Gasteiger partial charge is 0.280 e. The van der Waals surface area contributed by atoms with E-state index in [4.69, 9.17) is 0 Å². The Bertz CT molecular complexity index is 355. The molecule has 0 atom stereocenters. The molecule has 0 fully saturated rings. The van der Waals surface area contributed by atoms with E-state index in [0.29, 0.717) is 18.1 Å². The van der Waals surface area contributed by atoms with Crippen LogP contribution in [0.3, 0.4) is 0 Å². The van der Waals surface area contributed by atoms with Crippen LogP contribution in [-0.2, 0) is 6.54 Å². The van der Waals surface area contributed by atoms with Gasteiger partial charge in [0.15, 0.2) is 0 Å². The summed E-state index contributed by atoms with van der Waals surface area (Å²) in [5.74, 6) is 0.305. The van der Waals surface area contributed by atoms with Crippen LogP contribution in [0.4, 0.5) is 14.7 Å². The van der Waals surface area contributed by atoms with Crippen LogP contribution in [0.5, 0.6) is 0 Å². The Morgan fingerprint density at radius 3 is 2.65 bits per heavy atom. The van der Waals surface area contributed by atoms with Gasteiger partial charge in [0.05, 0.1) is 0 Å². The molecule has 96 valence electrons. The van der Waals surface area contributed by atoms with Crippen molar-refractivity contribution in [3.8, 4) is 0 Å². The standard InChI is InChI=1S/C11H18F2N4/c1-4-5-14-6-8-7-15-11(17(2)3)16-9(8)10(12)13/h7,10,14H,4-6H2,1-3H3. The van der Waals surface area contributed by atoms with Crippen LogP contribution in [0.2, 0.25) is 0 Å². The predicted molar refractivity (Wildman–Crippen MR) is 63.3 cm³/mol. The van der Waals surface area contributed by atoms with E-state index in [-0.39, 0.29) is 5.69 Å². The third-order valence-electron chi connectivity index (χ3n) is 2.23. The monoisotopic (exact) mass is 244 g/mol. The van der Waals surface area contributed by atoms with Crippen LogP contribution in [0.15, 0.2) is 6.20 Å². The van der Waals surface area contributed by atoms with E-state index in [0.717, 1.165) is 13.0 Å². The summed E-state index contributed by atoms with van der Waals surface area (Å²) in [6.07, 6.45) is -0.150. The van der Waals surface area contributed by atoms with Crippen LogP contribution in [-0.4, -0.2) is 30.6 Å². The van der Waals surface area contributed by atoms with E-state index in [1.54, 1.807) is 19.0 Å². The summed E-state index contributed by atoms with van der Waals surface area (Å²) in [6, 6.07) is 0. The maximum atomic E-state index is 12.8. The molecule has 6 heteroatoms. The fourth-order valence-electron chi connectivity index (χ4n) is 1.35. The fourth-order valence-corrected chi connectivity index (χ4v) is 1.35. The highest BCUT2D eigenvalue weighted by molar-refractivity contribution is 5.31. The van der Waals surface area contributed by atoms with Gasteiger partial charge in [-0.1, -0.05) is 6.92 Å². The molecule has 0 aliphatic rings. The van der Waals surface area contributed by atoms with Crippen molar-refractivity contribution in [3.05, 3.63) is 17.5 Å². The summed E-state index contributed by atoms with van der Waals surface area (Å²) in [5, 5.41) is 3.07. The van der Waals surface area contributed by atoms with Crippen molar-refractivity contribution < 1.29 is 8.78 Å². The van der Waals surface area contributed by atoms with E-state index >= 15 is 0 Å². The van der Waals surface area contributed by atoms with E-state index in [1.807, 2.05) is 6.92 Å². The SMILES string of the molecule is CCCNCc1cnc(N(C)C)nc1C(F)F. The zero-order valence-corrected chi connectivity index (χ0v) is 10.4. The zero-order valence-electron chi connectivity index (χ0n) is 10.4. The summed E-state index contributed by atoms with van der Waals surface area (Å²) in [6.45, 7) is 3.19. The lowest BCUT2D eigenvalue weighted by Gasteiger charge is -2.14. The van der Waals surface area contributed by atoms with Crippen molar-refractivity contribution in [1.29, 1.82) is 0 Å². The quantitative estimate of drug-likeness (QED) is 0.777. The molecule has 1 heterocycles. The Morgan fingerprint density at radius 1 is 1.41 bits per heavy atom. The summed E-state index contributed by atoms with van der Waals surface area (Å²) in [5.41, 5.74) is 0.270. The molecule has 0 aromatic carbocycles. The second-order valence-corrected chi connectivity index (χ2v) is 3.95. The van der Waals surface area contributed by atoms with Crippen LogP contribution >= 0.6 is 0 Å². The molecule has 17 heavy (non-hydrogen) atoms. The van der Waals surface area contributed by atoms with Gasteiger partial charge in [-0.05, 0) is 13.0 Å². The molecule has 0 radical (unpaired) electrons. The minimum absolute atomic E-state index is 0.188. The zero-order chi connectivity index (χ0) is 12.8. The number of halogens is 2. The molecule has 0 saturated carbocycles. The lowest BCUT2D eigenvalue weighted by molar-refractivity contribution is 0.144. The van der Waals surface area contributed by atoms with Gasteiger partial charge in [0.25, 0.3) is 6.43 Å². The van der Waals surface area contributed by atoms with Crippen molar-refractivity contribution >= 4 is 5.95 Å². The molecule has 0 aliphatic heterocycles. The molecule has 0 unspecified atom stereocenters. The minimum Gasteiger partial charge on any atom is -0.347 e. The largest absolute Gasteiger partial charge is 0.347 e. The predicted octanol–water partition coefficient (Wildman–Crippen LogP) is 1.98. The molecular weight excluding hydrogens is 226 g/mol. The maximum Gasteiger partial charge on any atom is 0.280 e. The van der Waals surface area contributed by atoms with Gasteiger partial charge in [-0.2, -0.15) is 0 Å². The number of hydrogen-bond donors (Lipinski definition) is 1. The number of nitrogens with zero attached hydrogens (tertiary/aromatic N) is 3.